The highest BCUT2D eigenvalue weighted by Gasteiger charge is 2.42. The highest BCUT2D eigenvalue weighted by Crippen LogP contribution is 2.34. The fourth-order valence-electron chi connectivity index (χ4n) is 4.25. The molecule has 2 aliphatic rings. The van der Waals surface area contributed by atoms with Gasteiger partial charge in [-0.05, 0) is 20.8 Å². The number of ether oxygens (including phenoxy) is 3. The highest BCUT2D eigenvalue weighted by molar-refractivity contribution is 5.94. The molecule has 13 nitrogen and oxygen atoms in total. The molecule has 2 fully saturated rings. The van der Waals surface area contributed by atoms with Crippen molar-refractivity contribution >= 4 is 29.2 Å². The molecule has 3 aromatic heterocycles. The van der Waals surface area contributed by atoms with Crippen LogP contribution in [0.15, 0.2) is 18.3 Å². The molecule has 14 heteroatoms. The number of hydrogen-bond acceptors (Lipinski definition) is 9. The van der Waals surface area contributed by atoms with Crippen molar-refractivity contribution in [3.63, 3.8) is 0 Å². The van der Waals surface area contributed by atoms with Crippen molar-refractivity contribution < 1.29 is 28.2 Å². The number of rotatable bonds is 6. The maximum Gasteiger partial charge on any atom is 0.407 e. The van der Waals surface area contributed by atoms with Crippen molar-refractivity contribution in [1.29, 1.82) is 0 Å². The first kappa shape index (κ1) is 24.9. The first-order valence-corrected chi connectivity index (χ1v) is 12.1. The Morgan fingerprint density at radius 3 is 2.81 bits per heavy atom. The number of alkyl halides is 1. The summed E-state index contributed by atoms with van der Waals surface area (Å²) in [6, 6.07) is 3.14. The summed E-state index contributed by atoms with van der Waals surface area (Å²) in [5, 5.41) is 17.1. The number of halogens is 1. The Balaban J connectivity index is 1.30. The lowest BCUT2D eigenvalue weighted by Crippen LogP contribution is -2.40. The average Bonchev–Trinajstić information content (AvgIpc) is 3.58. The lowest BCUT2D eigenvalue weighted by molar-refractivity contribution is 0.0299. The Bertz CT molecular complexity index is 1290. The number of carbonyl (C=O) groups is 2. The Labute approximate surface area is 211 Å². The number of fused-ring (bicyclic) bond motifs is 1. The number of carbonyl (C=O) groups excluding carboxylic acids is 2. The fraction of sp³-hybridized carbons (Fsp3) is 0.522. The number of nitrogens with zero attached hydrogens (tertiary/aromatic N) is 5. The van der Waals surface area contributed by atoms with Gasteiger partial charge in [0.25, 0.3) is 5.91 Å². The summed E-state index contributed by atoms with van der Waals surface area (Å²) in [5.74, 6) is 0.626. The van der Waals surface area contributed by atoms with E-state index < -0.39 is 24.5 Å². The SMILES string of the molecule is Cc1cn2nc(C(=O)N3CCOCC3)cc2c(Nc2cc([C@H]3OC[C@@H](OC(=O)NC(C)C)[C@H]3F)[nH]n2)n1. The maximum absolute atomic E-state index is 15.0. The van der Waals surface area contributed by atoms with Crippen molar-refractivity contribution in [3.8, 4) is 0 Å². The van der Waals surface area contributed by atoms with Gasteiger partial charge in [0.1, 0.15) is 11.6 Å². The molecule has 0 spiro atoms. The van der Waals surface area contributed by atoms with E-state index in [-0.39, 0.29) is 18.6 Å². The second-order valence-electron chi connectivity index (χ2n) is 9.27. The molecule has 0 saturated carbocycles. The molecule has 198 valence electrons. The van der Waals surface area contributed by atoms with Gasteiger partial charge in [-0.2, -0.15) is 10.2 Å². The van der Waals surface area contributed by atoms with Gasteiger partial charge in [0.05, 0.1) is 37.4 Å². The first-order chi connectivity index (χ1) is 17.8. The first-order valence-electron chi connectivity index (χ1n) is 12.1. The maximum atomic E-state index is 15.0. The predicted octanol–water partition coefficient (Wildman–Crippen LogP) is 1.89. The number of morpholine rings is 1. The molecule has 0 aliphatic carbocycles. The average molecular weight is 517 g/mol. The standard InChI is InChI=1S/C23H29FN8O5/c1-12(2)25-23(34)37-17-11-36-20(19(17)24)14-9-18(29-28-14)27-21-16-8-15(30-32(16)10-13(3)26-21)22(33)31-4-6-35-7-5-31/h8-10,12,17,19-20H,4-7,11H2,1-3H3,(H,25,34)(H2,26,27,28,29)/t17-,19-,20-/m1/s1. The number of nitrogens with one attached hydrogen (secondary N) is 3. The lowest BCUT2D eigenvalue weighted by Gasteiger charge is -2.25. The monoisotopic (exact) mass is 516 g/mol. The zero-order valence-electron chi connectivity index (χ0n) is 20.7. The van der Waals surface area contributed by atoms with Crippen LogP contribution in [0.1, 0.15) is 41.8 Å². The van der Waals surface area contributed by atoms with E-state index in [1.807, 2.05) is 0 Å². The van der Waals surface area contributed by atoms with Crippen molar-refractivity contribution in [3.05, 3.63) is 35.4 Å². The second kappa shape index (κ2) is 10.3. The number of aromatic nitrogens is 5. The summed E-state index contributed by atoms with van der Waals surface area (Å²) in [6.07, 6.45) is -2.55. The summed E-state index contributed by atoms with van der Waals surface area (Å²) in [5.41, 5.74) is 1.93. The third kappa shape index (κ3) is 5.34. The zero-order chi connectivity index (χ0) is 26.1. The number of aryl methyl sites for hydroxylation is 1. The highest BCUT2D eigenvalue weighted by atomic mass is 19.1. The molecule has 3 atom stereocenters. The molecule has 3 N–H and O–H groups in total. The van der Waals surface area contributed by atoms with Crippen LogP contribution in [0.5, 0.6) is 0 Å². The van der Waals surface area contributed by atoms with E-state index in [1.54, 1.807) is 48.5 Å². The number of amides is 2. The van der Waals surface area contributed by atoms with Crippen LogP contribution < -0.4 is 10.6 Å². The van der Waals surface area contributed by atoms with Crippen LogP contribution in [0.4, 0.5) is 20.8 Å². The van der Waals surface area contributed by atoms with E-state index in [0.717, 1.165) is 0 Å². The van der Waals surface area contributed by atoms with Crippen LogP contribution in [0.3, 0.4) is 0 Å². The summed E-state index contributed by atoms with van der Waals surface area (Å²) in [6.45, 7) is 7.32. The van der Waals surface area contributed by atoms with E-state index in [2.05, 4.69) is 30.9 Å². The fourth-order valence-corrected chi connectivity index (χ4v) is 4.25. The Morgan fingerprint density at radius 1 is 1.27 bits per heavy atom. The number of anilines is 2. The third-order valence-corrected chi connectivity index (χ3v) is 5.99. The molecule has 37 heavy (non-hydrogen) atoms. The number of H-pyrrole nitrogens is 1. The molecule has 2 amide bonds. The number of hydrogen-bond donors (Lipinski definition) is 3. The Kier molecular flexibility index (Phi) is 6.93. The molecule has 0 unspecified atom stereocenters. The van der Waals surface area contributed by atoms with Crippen LogP contribution in [0.2, 0.25) is 0 Å². The third-order valence-electron chi connectivity index (χ3n) is 5.99. The van der Waals surface area contributed by atoms with E-state index >= 15 is 0 Å². The molecule has 5 rings (SSSR count). The van der Waals surface area contributed by atoms with Crippen LogP contribution in [-0.4, -0.2) is 92.9 Å². The summed E-state index contributed by atoms with van der Waals surface area (Å²) >= 11 is 0. The van der Waals surface area contributed by atoms with Crippen LogP contribution >= 0.6 is 0 Å². The largest absolute Gasteiger partial charge is 0.441 e. The minimum absolute atomic E-state index is 0.0744. The number of alkyl carbamates (subject to hydrolysis) is 1. The Hall–Kier alpha value is -3.78. The zero-order valence-corrected chi connectivity index (χ0v) is 20.7. The van der Waals surface area contributed by atoms with Gasteiger partial charge in [-0.25, -0.2) is 18.7 Å². The number of aromatic amines is 1. The molecule has 2 saturated heterocycles. The Morgan fingerprint density at radius 2 is 2.05 bits per heavy atom. The van der Waals surface area contributed by atoms with Gasteiger partial charge in [0, 0.05) is 31.3 Å². The summed E-state index contributed by atoms with van der Waals surface area (Å²) < 4.78 is 32.6. The van der Waals surface area contributed by atoms with E-state index in [0.29, 0.717) is 60.5 Å². The van der Waals surface area contributed by atoms with Crippen molar-refractivity contribution in [2.75, 3.05) is 38.2 Å². The lowest BCUT2D eigenvalue weighted by atomic mass is 10.1. The van der Waals surface area contributed by atoms with Crippen LogP contribution in [-0.2, 0) is 14.2 Å². The summed E-state index contributed by atoms with van der Waals surface area (Å²) in [4.78, 5) is 31.0. The van der Waals surface area contributed by atoms with Gasteiger partial charge in [-0.15, -0.1) is 0 Å². The molecule has 0 bridgehead atoms. The minimum Gasteiger partial charge on any atom is -0.441 e. The molecule has 3 aromatic rings. The smallest absolute Gasteiger partial charge is 0.407 e. The van der Waals surface area contributed by atoms with Gasteiger partial charge in [-0.3, -0.25) is 9.89 Å². The van der Waals surface area contributed by atoms with Gasteiger partial charge in [-0.1, -0.05) is 0 Å². The van der Waals surface area contributed by atoms with Gasteiger partial charge in [0.15, 0.2) is 29.6 Å². The van der Waals surface area contributed by atoms with Gasteiger partial charge >= 0.3 is 6.09 Å². The van der Waals surface area contributed by atoms with Crippen LogP contribution in [0.25, 0.3) is 5.52 Å². The van der Waals surface area contributed by atoms with E-state index in [1.165, 1.54) is 0 Å². The van der Waals surface area contributed by atoms with Crippen molar-refractivity contribution in [2.45, 2.75) is 45.2 Å². The van der Waals surface area contributed by atoms with E-state index in [9.17, 15) is 14.0 Å². The van der Waals surface area contributed by atoms with Crippen molar-refractivity contribution in [1.82, 2.24) is 35.0 Å². The molecule has 5 heterocycles. The van der Waals surface area contributed by atoms with Gasteiger partial charge in [0.2, 0.25) is 0 Å². The van der Waals surface area contributed by atoms with Crippen molar-refractivity contribution in [2.24, 2.45) is 0 Å². The van der Waals surface area contributed by atoms with Crippen LogP contribution in [0, 0.1) is 6.92 Å². The van der Waals surface area contributed by atoms with E-state index in [4.69, 9.17) is 14.2 Å². The van der Waals surface area contributed by atoms with Gasteiger partial charge < -0.3 is 29.7 Å². The topological polar surface area (TPSA) is 148 Å². The molecular formula is C23H29FN8O5. The minimum atomic E-state index is -1.57. The second-order valence-corrected chi connectivity index (χ2v) is 9.27. The summed E-state index contributed by atoms with van der Waals surface area (Å²) in [7, 11) is 0. The predicted molar refractivity (Wildman–Crippen MR) is 128 cm³/mol. The molecule has 2 aliphatic heterocycles. The molecular weight excluding hydrogens is 487 g/mol. The quantitative estimate of drug-likeness (QED) is 0.447. The molecule has 0 radical (unpaired) electrons. The molecule has 0 aromatic carbocycles. The normalized spacial score (nSPS) is 22.0.